The van der Waals surface area contributed by atoms with Crippen molar-refractivity contribution in [1.82, 2.24) is 4.72 Å². The molecule has 2 aromatic carbocycles. The fraction of sp³-hybridized carbons (Fsp3) is 0.316. The molecule has 0 aliphatic carbocycles. The molecule has 25 heavy (non-hydrogen) atoms. The molecule has 0 radical (unpaired) electrons. The van der Waals surface area contributed by atoms with Crippen molar-refractivity contribution in [3.05, 3.63) is 65.7 Å². The van der Waals surface area contributed by atoms with Crippen LogP contribution in [-0.4, -0.2) is 14.4 Å². The van der Waals surface area contributed by atoms with Crippen molar-refractivity contribution in [3.8, 4) is 0 Å². The number of nitrogens with one attached hydrogen (secondary N) is 1. The third-order valence-corrected chi connectivity index (χ3v) is 5.73. The highest BCUT2D eigenvalue weighted by Crippen LogP contribution is 2.23. The highest BCUT2D eigenvalue weighted by molar-refractivity contribution is 7.89. The van der Waals surface area contributed by atoms with E-state index in [0.717, 1.165) is 12.0 Å². The van der Waals surface area contributed by atoms with E-state index in [1.165, 1.54) is 0 Å². The van der Waals surface area contributed by atoms with Crippen molar-refractivity contribution in [2.24, 2.45) is 0 Å². The van der Waals surface area contributed by atoms with Crippen LogP contribution in [0.4, 0.5) is 0 Å². The lowest BCUT2D eigenvalue weighted by atomic mass is 9.99. The standard InChI is InChI=1S/C19H23NO4S/c1-3-14(2)15-9-11-17(12-10-15)25(23,24)20-18(13-19(21)22)16-7-5-4-6-8-16/h4-12,14,18,20H,3,13H2,1-2H3,(H,21,22)/p-1/t14-,18+/m0/s1. The number of carbonyl (C=O) groups is 1. The second kappa shape index (κ2) is 8.27. The van der Waals surface area contributed by atoms with E-state index >= 15 is 0 Å². The molecular formula is C19H22NO4S-. The van der Waals surface area contributed by atoms with Crippen LogP contribution in [0.2, 0.25) is 0 Å². The molecule has 1 N–H and O–H groups in total. The van der Waals surface area contributed by atoms with Gasteiger partial charge in [-0.2, -0.15) is 0 Å². The van der Waals surface area contributed by atoms with Gasteiger partial charge in [-0.15, -0.1) is 0 Å². The van der Waals surface area contributed by atoms with Crippen LogP contribution in [0.5, 0.6) is 0 Å². The maximum Gasteiger partial charge on any atom is 0.241 e. The molecule has 0 saturated carbocycles. The van der Waals surface area contributed by atoms with E-state index in [4.69, 9.17) is 0 Å². The van der Waals surface area contributed by atoms with E-state index in [9.17, 15) is 18.3 Å². The van der Waals surface area contributed by atoms with Gasteiger partial charge in [-0.25, -0.2) is 13.1 Å². The number of rotatable bonds is 8. The van der Waals surface area contributed by atoms with Crippen LogP contribution in [0.15, 0.2) is 59.5 Å². The number of sulfonamides is 1. The molecule has 0 bridgehead atoms. The molecule has 6 heteroatoms. The van der Waals surface area contributed by atoms with Crippen LogP contribution in [0, 0.1) is 0 Å². The molecular weight excluding hydrogens is 338 g/mol. The SMILES string of the molecule is CC[C@H](C)c1ccc(S(=O)(=O)N[C@H](CC(=O)[O-])c2ccccc2)cc1. The Labute approximate surface area is 148 Å². The molecule has 0 aliphatic rings. The van der Waals surface area contributed by atoms with Gasteiger partial charge in [0.2, 0.25) is 10.0 Å². The lowest BCUT2D eigenvalue weighted by molar-refractivity contribution is -0.306. The summed E-state index contributed by atoms with van der Waals surface area (Å²) in [5, 5.41) is 11.0. The maximum absolute atomic E-state index is 12.6. The minimum Gasteiger partial charge on any atom is -0.550 e. The second-order valence-electron chi connectivity index (χ2n) is 6.04. The summed E-state index contributed by atoms with van der Waals surface area (Å²) in [6.07, 6.45) is 0.528. The van der Waals surface area contributed by atoms with Gasteiger partial charge in [0.25, 0.3) is 0 Å². The first-order valence-corrected chi connectivity index (χ1v) is 9.69. The monoisotopic (exact) mass is 360 g/mol. The van der Waals surface area contributed by atoms with Gasteiger partial charge in [0.1, 0.15) is 0 Å². The summed E-state index contributed by atoms with van der Waals surface area (Å²) < 4.78 is 27.7. The molecule has 0 saturated heterocycles. The number of carboxylic acid groups (broad SMARTS) is 1. The molecule has 134 valence electrons. The van der Waals surface area contributed by atoms with E-state index in [-0.39, 0.29) is 4.90 Å². The molecule has 2 aromatic rings. The molecule has 0 fully saturated rings. The zero-order chi connectivity index (χ0) is 18.4. The molecule has 0 spiro atoms. The maximum atomic E-state index is 12.6. The molecule has 2 atom stereocenters. The molecule has 2 rings (SSSR count). The minimum atomic E-state index is -3.84. The topological polar surface area (TPSA) is 86.3 Å². The smallest absolute Gasteiger partial charge is 0.241 e. The predicted octanol–water partition coefficient (Wildman–Crippen LogP) is 2.36. The lowest BCUT2D eigenvalue weighted by Gasteiger charge is -2.20. The summed E-state index contributed by atoms with van der Waals surface area (Å²) >= 11 is 0. The summed E-state index contributed by atoms with van der Waals surface area (Å²) in [5.41, 5.74) is 1.64. The van der Waals surface area contributed by atoms with Gasteiger partial charge in [0.05, 0.1) is 10.9 Å². The summed E-state index contributed by atoms with van der Waals surface area (Å²) in [7, 11) is -3.84. The van der Waals surface area contributed by atoms with Crippen LogP contribution in [0.3, 0.4) is 0 Å². The number of benzene rings is 2. The van der Waals surface area contributed by atoms with Crippen LogP contribution < -0.4 is 9.83 Å². The Morgan fingerprint density at radius 1 is 1.04 bits per heavy atom. The van der Waals surface area contributed by atoms with Crippen LogP contribution in [-0.2, 0) is 14.8 Å². The summed E-state index contributed by atoms with van der Waals surface area (Å²) in [6.45, 7) is 4.15. The highest BCUT2D eigenvalue weighted by Gasteiger charge is 2.21. The summed E-state index contributed by atoms with van der Waals surface area (Å²) in [6, 6.07) is 14.4. The first-order chi connectivity index (χ1) is 11.8. The van der Waals surface area contributed by atoms with Gasteiger partial charge in [0, 0.05) is 12.4 Å². The van der Waals surface area contributed by atoms with Crippen molar-refractivity contribution in [1.29, 1.82) is 0 Å². The molecule has 0 aromatic heterocycles. The lowest BCUT2D eigenvalue weighted by Crippen LogP contribution is -2.34. The Balaban J connectivity index is 2.26. The normalized spacial score (nSPS) is 14.0. The number of aliphatic carboxylic acids is 1. The largest absolute Gasteiger partial charge is 0.550 e. The first kappa shape index (κ1) is 19.1. The Bertz CT molecular complexity index is 801. The summed E-state index contributed by atoms with van der Waals surface area (Å²) in [4.78, 5) is 11.1. The first-order valence-electron chi connectivity index (χ1n) is 8.20. The fourth-order valence-corrected chi connectivity index (χ4v) is 3.77. The third-order valence-electron chi connectivity index (χ3n) is 4.24. The number of carboxylic acids is 1. The van der Waals surface area contributed by atoms with E-state index in [0.29, 0.717) is 11.5 Å². The van der Waals surface area contributed by atoms with Gasteiger partial charge in [-0.3, -0.25) is 0 Å². The van der Waals surface area contributed by atoms with E-state index in [1.54, 1.807) is 54.6 Å². The van der Waals surface area contributed by atoms with Gasteiger partial charge in [-0.05, 0) is 35.6 Å². The van der Waals surface area contributed by atoms with Gasteiger partial charge >= 0.3 is 0 Å². The van der Waals surface area contributed by atoms with E-state index in [2.05, 4.69) is 18.6 Å². The number of hydrogen-bond acceptors (Lipinski definition) is 4. The Morgan fingerprint density at radius 3 is 2.16 bits per heavy atom. The molecule has 0 aliphatic heterocycles. The molecule has 0 heterocycles. The second-order valence-corrected chi connectivity index (χ2v) is 7.75. The average molecular weight is 360 g/mol. The summed E-state index contributed by atoms with van der Waals surface area (Å²) in [5.74, 6) is -0.969. The van der Waals surface area contributed by atoms with Crippen molar-refractivity contribution in [2.45, 2.75) is 43.5 Å². The van der Waals surface area contributed by atoms with E-state index in [1.807, 2.05) is 0 Å². The minimum absolute atomic E-state index is 0.110. The van der Waals surface area contributed by atoms with Crippen LogP contribution in [0.1, 0.15) is 49.8 Å². The Kier molecular flexibility index (Phi) is 6.33. The Morgan fingerprint density at radius 2 is 1.64 bits per heavy atom. The van der Waals surface area contributed by atoms with Gasteiger partial charge in [0.15, 0.2) is 0 Å². The third kappa shape index (κ3) is 5.14. The fourth-order valence-electron chi connectivity index (χ4n) is 2.55. The van der Waals surface area contributed by atoms with Crippen molar-refractivity contribution >= 4 is 16.0 Å². The predicted molar refractivity (Wildman–Crippen MR) is 94.3 cm³/mol. The highest BCUT2D eigenvalue weighted by atomic mass is 32.2. The van der Waals surface area contributed by atoms with Gasteiger partial charge in [-0.1, -0.05) is 56.3 Å². The zero-order valence-electron chi connectivity index (χ0n) is 14.3. The van der Waals surface area contributed by atoms with Crippen LogP contribution >= 0.6 is 0 Å². The quantitative estimate of drug-likeness (QED) is 0.783. The van der Waals surface area contributed by atoms with Crippen LogP contribution in [0.25, 0.3) is 0 Å². The molecule has 0 unspecified atom stereocenters. The molecule has 5 nitrogen and oxygen atoms in total. The number of hydrogen-bond donors (Lipinski definition) is 1. The molecule has 0 amide bonds. The van der Waals surface area contributed by atoms with Crippen molar-refractivity contribution < 1.29 is 18.3 Å². The van der Waals surface area contributed by atoms with Crippen molar-refractivity contribution in [2.75, 3.05) is 0 Å². The van der Waals surface area contributed by atoms with Crippen molar-refractivity contribution in [3.63, 3.8) is 0 Å². The zero-order valence-corrected chi connectivity index (χ0v) is 15.1. The number of carbonyl (C=O) groups excluding carboxylic acids is 1. The average Bonchev–Trinajstić information content (AvgIpc) is 2.61. The van der Waals surface area contributed by atoms with E-state index < -0.39 is 28.5 Å². The van der Waals surface area contributed by atoms with Gasteiger partial charge < -0.3 is 9.90 Å². The Hall–Kier alpha value is -2.18.